The van der Waals surface area contributed by atoms with E-state index in [1.807, 2.05) is 0 Å². The van der Waals surface area contributed by atoms with Gasteiger partial charge in [-0.3, -0.25) is 0 Å². The monoisotopic (exact) mass is 279 g/mol. The summed E-state index contributed by atoms with van der Waals surface area (Å²) >= 11 is 6.15. The molecule has 1 heterocycles. The van der Waals surface area contributed by atoms with Gasteiger partial charge in [0.1, 0.15) is 0 Å². The predicted octanol–water partition coefficient (Wildman–Crippen LogP) is 1.80. The number of hydrogen-bond donors (Lipinski definition) is 2. The zero-order valence-corrected chi connectivity index (χ0v) is 11.1. The van der Waals surface area contributed by atoms with Gasteiger partial charge in [0, 0.05) is 17.8 Å². The van der Waals surface area contributed by atoms with Crippen LogP contribution in [0.25, 0.3) is 11.4 Å². The third-order valence-corrected chi connectivity index (χ3v) is 3.02. The summed E-state index contributed by atoms with van der Waals surface area (Å²) in [6, 6.07) is 6.46. The molecule has 0 spiro atoms. The van der Waals surface area contributed by atoms with Crippen molar-refractivity contribution in [2.75, 3.05) is 13.7 Å². The predicted molar refractivity (Wildman–Crippen MR) is 73.0 cm³/mol. The summed E-state index contributed by atoms with van der Waals surface area (Å²) < 4.78 is 5.06. The largest absolute Gasteiger partial charge is 0.481 e. The van der Waals surface area contributed by atoms with E-state index in [9.17, 15) is 0 Å². The smallest absolute Gasteiger partial charge is 0.216 e. The van der Waals surface area contributed by atoms with Crippen molar-refractivity contribution in [2.24, 2.45) is 5.73 Å². The molecule has 0 bridgehead atoms. The summed E-state index contributed by atoms with van der Waals surface area (Å²) in [7, 11) is 1.53. The number of nitrogens with two attached hydrogens (primary N) is 1. The molecule has 0 aliphatic carbocycles. The van der Waals surface area contributed by atoms with E-state index < -0.39 is 6.04 Å². The molecule has 1 atom stereocenters. The van der Waals surface area contributed by atoms with Gasteiger partial charge in [-0.2, -0.15) is 4.98 Å². The highest BCUT2D eigenvalue weighted by atomic mass is 35.5. The molecular formula is C13H14ClN3O2. The summed E-state index contributed by atoms with van der Waals surface area (Å²) in [5.41, 5.74) is 7.21. The van der Waals surface area contributed by atoms with E-state index in [0.29, 0.717) is 22.3 Å². The molecule has 0 saturated heterocycles. The lowest BCUT2D eigenvalue weighted by Gasteiger charge is -2.11. The van der Waals surface area contributed by atoms with Crippen molar-refractivity contribution >= 4 is 11.6 Å². The number of aromatic nitrogens is 2. The van der Waals surface area contributed by atoms with Crippen LogP contribution in [0.15, 0.2) is 30.5 Å². The number of ether oxygens (including phenoxy) is 1. The number of benzene rings is 1. The summed E-state index contributed by atoms with van der Waals surface area (Å²) in [5, 5.41) is 9.61. The molecular weight excluding hydrogens is 266 g/mol. The van der Waals surface area contributed by atoms with Crippen molar-refractivity contribution in [1.82, 2.24) is 9.97 Å². The molecule has 1 aromatic heterocycles. The first kappa shape index (κ1) is 13.7. The van der Waals surface area contributed by atoms with Crippen LogP contribution >= 0.6 is 11.6 Å². The second kappa shape index (κ2) is 5.97. The maximum atomic E-state index is 9.09. The molecule has 0 unspecified atom stereocenters. The summed E-state index contributed by atoms with van der Waals surface area (Å²) in [6.07, 6.45) is 1.59. The van der Waals surface area contributed by atoms with Crippen molar-refractivity contribution in [1.29, 1.82) is 0 Å². The van der Waals surface area contributed by atoms with E-state index in [1.54, 1.807) is 30.5 Å². The molecule has 2 aromatic rings. The Bertz CT molecular complexity index is 578. The van der Waals surface area contributed by atoms with Gasteiger partial charge in [-0.15, -0.1) is 0 Å². The second-order valence-electron chi connectivity index (χ2n) is 3.95. The standard InChI is InChI=1S/C13H14ClN3O2/c1-19-12-4-5-16-13(17-12)9-6-8(11(15)7-18)2-3-10(9)14/h2-6,11,18H,7,15H2,1H3/t11-/m1/s1. The zero-order valence-electron chi connectivity index (χ0n) is 10.4. The highest BCUT2D eigenvalue weighted by Gasteiger charge is 2.12. The van der Waals surface area contributed by atoms with Gasteiger partial charge in [-0.05, 0) is 17.7 Å². The Balaban J connectivity index is 2.48. The second-order valence-corrected chi connectivity index (χ2v) is 4.36. The fourth-order valence-corrected chi connectivity index (χ4v) is 1.84. The van der Waals surface area contributed by atoms with Crippen molar-refractivity contribution in [2.45, 2.75) is 6.04 Å². The van der Waals surface area contributed by atoms with Crippen LogP contribution in [0.5, 0.6) is 5.88 Å². The molecule has 0 aliphatic rings. The average Bonchev–Trinajstić information content (AvgIpc) is 2.47. The van der Waals surface area contributed by atoms with Gasteiger partial charge in [-0.25, -0.2) is 4.98 Å². The van der Waals surface area contributed by atoms with E-state index in [1.165, 1.54) is 7.11 Å². The maximum Gasteiger partial charge on any atom is 0.216 e. The van der Waals surface area contributed by atoms with Crippen molar-refractivity contribution in [3.05, 3.63) is 41.0 Å². The van der Waals surface area contributed by atoms with Gasteiger partial charge in [0.25, 0.3) is 0 Å². The number of hydrogen-bond acceptors (Lipinski definition) is 5. The molecule has 0 radical (unpaired) electrons. The van der Waals surface area contributed by atoms with Gasteiger partial charge >= 0.3 is 0 Å². The fraction of sp³-hybridized carbons (Fsp3) is 0.231. The first-order valence-corrected chi connectivity index (χ1v) is 6.06. The Labute approximate surface area is 116 Å². The lowest BCUT2D eigenvalue weighted by atomic mass is 10.0. The van der Waals surface area contributed by atoms with Crippen molar-refractivity contribution < 1.29 is 9.84 Å². The lowest BCUT2D eigenvalue weighted by molar-refractivity contribution is 0.268. The first-order chi connectivity index (χ1) is 9.15. The Morgan fingerprint density at radius 1 is 1.42 bits per heavy atom. The van der Waals surface area contributed by atoms with Crippen LogP contribution in [0.2, 0.25) is 5.02 Å². The van der Waals surface area contributed by atoms with E-state index in [2.05, 4.69) is 9.97 Å². The number of aliphatic hydroxyl groups is 1. The van der Waals surface area contributed by atoms with Gasteiger partial charge in [-0.1, -0.05) is 17.7 Å². The van der Waals surface area contributed by atoms with E-state index >= 15 is 0 Å². The molecule has 2 rings (SSSR count). The summed E-state index contributed by atoms with van der Waals surface area (Å²) in [6.45, 7) is -0.139. The normalized spacial score (nSPS) is 12.2. The van der Waals surface area contributed by atoms with E-state index in [4.69, 9.17) is 27.2 Å². The van der Waals surface area contributed by atoms with Crippen LogP contribution in [-0.2, 0) is 0 Å². The average molecular weight is 280 g/mol. The third-order valence-electron chi connectivity index (χ3n) is 2.70. The number of methoxy groups -OCH3 is 1. The third kappa shape index (κ3) is 3.01. The molecule has 5 nitrogen and oxygen atoms in total. The zero-order chi connectivity index (χ0) is 13.8. The van der Waals surface area contributed by atoms with Crippen LogP contribution in [0.1, 0.15) is 11.6 Å². The fourth-order valence-electron chi connectivity index (χ4n) is 1.64. The van der Waals surface area contributed by atoms with Gasteiger partial charge in [0.15, 0.2) is 5.82 Å². The highest BCUT2D eigenvalue weighted by molar-refractivity contribution is 6.33. The molecule has 0 saturated carbocycles. The molecule has 19 heavy (non-hydrogen) atoms. The van der Waals surface area contributed by atoms with Crippen LogP contribution in [-0.4, -0.2) is 28.8 Å². The minimum absolute atomic E-state index is 0.139. The number of aliphatic hydroxyl groups excluding tert-OH is 1. The van der Waals surface area contributed by atoms with Crippen molar-refractivity contribution in [3.63, 3.8) is 0 Å². The van der Waals surface area contributed by atoms with Gasteiger partial charge < -0.3 is 15.6 Å². The van der Waals surface area contributed by atoms with Gasteiger partial charge in [0.2, 0.25) is 5.88 Å². The van der Waals surface area contributed by atoms with Crippen LogP contribution in [0.4, 0.5) is 0 Å². The highest BCUT2D eigenvalue weighted by Crippen LogP contribution is 2.28. The Morgan fingerprint density at radius 3 is 2.89 bits per heavy atom. The lowest BCUT2D eigenvalue weighted by Crippen LogP contribution is -2.14. The summed E-state index contributed by atoms with van der Waals surface area (Å²) in [5.74, 6) is 0.911. The van der Waals surface area contributed by atoms with E-state index in [0.717, 1.165) is 5.56 Å². The maximum absolute atomic E-state index is 9.09. The van der Waals surface area contributed by atoms with Crippen LogP contribution in [0, 0.1) is 0 Å². The molecule has 6 heteroatoms. The Kier molecular flexibility index (Phi) is 4.31. The number of nitrogens with zero attached hydrogens (tertiary/aromatic N) is 2. The molecule has 3 N–H and O–H groups in total. The Hall–Kier alpha value is -1.69. The van der Waals surface area contributed by atoms with Crippen molar-refractivity contribution in [3.8, 4) is 17.3 Å². The van der Waals surface area contributed by atoms with Crippen LogP contribution < -0.4 is 10.5 Å². The minimum Gasteiger partial charge on any atom is -0.481 e. The Morgan fingerprint density at radius 2 is 2.21 bits per heavy atom. The van der Waals surface area contributed by atoms with Gasteiger partial charge in [0.05, 0.1) is 24.8 Å². The molecule has 0 fully saturated rings. The molecule has 0 amide bonds. The quantitative estimate of drug-likeness (QED) is 0.892. The topological polar surface area (TPSA) is 81.3 Å². The first-order valence-electron chi connectivity index (χ1n) is 5.69. The van der Waals surface area contributed by atoms with E-state index in [-0.39, 0.29) is 6.61 Å². The number of rotatable bonds is 4. The number of halogens is 1. The SMILES string of the molecule is COc1ccnc(-c2cc([C@H](N)CO)ccc2Cl)n1. The summed E-state index contributed by atoms with van der Waals surface area (Å²) in [4.78, 5) is 8.39. The van der Waals surface area contributed by atoms with Crippen LogP contribution in [0.3, 0.4) is 0 Å². The molecule has 100 valence electrons. The molecule has 0 aliphatic heterocycles. The molecule has 1 aromatic carbocycles. The minimum atomic E-state index is -0.457.